The van der Waals surface area contributed by atoms with Crippen LogP contribution in [-0.2, 0) is 6.54 Å². The maximum Gasteiger partial charge on any atom is 0.253 e. The molecule has 1 aromatic carbocycles. The minimum absolute atomic E-state index is 0.167. The van der Waals surface area contributed by atoms with E-state index >= 15 is 0 Å². The lowest BCUT2D eigenvalue weighted by Gasteiger charge is -2.10. The van der Waals surface area contributed by atoms with E-state index < -0.39 is 0 Å². The number of anilines is 1. The van der Waals surface area contributed by atoms with Crippen LogP contribution in [0.1, 0.15) is 21.8 Å². The quantitative estimate of drug-likeness (QED) is 0.907. The maximum absolute atomic E-state index is 12.1. The van der Waals surface area contributed by atoms with Crippen molar-refractivity contribution in [2.24, 2.45) is 0 Å². The van der Waals surface area contributed by atoms with Crippen molar-refractivity contribution in [3.63, 3.8) is 0 Å². The fraction of sp³-hybridized carbons (Fsp3) is 0.231. The largest absolute Gasteiger partial charge is 0.387 e. The molecule has 0 fully saturated rings. The molecule has 1 aromatic heterocycles. The summed E-state index contributed by atoms with van der Waals surface area (Å²) in [4.78, 5) is 12.1. The number of nitrogens with zero attached hydrogens (tertiary/aromatic N) is 1. The molecule has 0 spiro atoms. The predicted molar refractivity (Wildman–Crippen MR) is 76.1 cm³/mol. The van der Waals surface area contributed by atoms with E-state index in [1.807, 2.05) is 19.1 Å². The van der Waals surface area contributed by atoms with Gasteiger partial charge in [-0.25, -0.2) is 0 Å². The van der Waals surface area contributed by atoms with Gasteiger partial charge in [-0.05, 0) is 35.0 Å². The monoisotopic (exact) mass is 323 g/mol. The first-order valence-corrected chi connectivity index (χ1v) is 6.57. The number of rotatable bonds is 4. The van der Waals surface area contributed by atoms with E-state index in [0.717, 1.165) is 15.9 Å². The van der Waals surface area contributed by atoms with Gasteiger partial charge < -0.3 is 15.2 Å². The molecule has 0 aliphatic carbocycles. The molecular weight excluding hydrogens is 310 g/mol. The van der Waals surface area contributed by atoms with Crippen LogP contribution in [0.5, 0.6) is 0 Å². The Hall–Kier alpha value is -1.82. The molecule has 2 aromatic rings. The van der Waals surface area contributed by atoms with Crippen LogP contribution in [0.3, 0.4) is 0 Å². The Morgan fingerprint density at radius 2 is 2.26 bits per heavy atom. The van der Waals surface area contributed by atoms with Crippen LogP contribution in [-0.4, -0.2) is 18.1 Å². The average Bonchev–Trinajstić information content (AvgIpc) is 2.81. The van der Waals surface area contributed by atoms with E-state index in [-0.39, 0.29) is 5.91 Å². The smallest absolute Gasteiger partial charge is 0.253 e. The Bertz CT molecular complexity index is 595. The Kier molecular flexibility index (Phi) is 4.21. The summed E-state index contributed by atoms with van der Waals surface area (Å²) in [5.41, 5.74) is 2.13. The number of nitrogens with one attached hydrogen (secondary N) is 2. The lowest BCUT2D eigenvalue weighted by Crippen LogP contribution is -2.23. The first-order chi connectivity index (χ1) is 9.11. The molecule has 0 aliphatic rings. The highest BCUT2D eigenvalue weighted by molar-refractivity contribution is 9.10. The Morgan fingerprint density at radius 1 is 1.47 bits per heavy atom. The van der Waals surface area contributed by atoms with Crippen molar-refractivity contribution in [1.82, 2.24) is 10.5 Å². The molecule has 0 unspecified atom stereocenters. The molecule has 6 heteroatoms. The number of halogens is 1. The van der Waals surface area contributed by atoms with Crippen LogP contribution in [0.4, 0.5) is 5.69 Å². The summed E-state index contributed by atoms with van der Waals surface area (Å²) < 4.78 is 5.89. The van der Waals surface area contributed by atoms with E-state index in [1.165, 1.54) is 0 Å². The van der Waals surface area contributed by atoms with Gasteiger partial charge in [0.05, 0.1) is 23.5 Å². The normalized spacial score (nSPS) is 10.3. The van der Waals surface area contributed by atoms with Gasteiger partial charge in [0.15, 0.2) is 5.76 Å². The molecule has 0 saturated heterocycles. The Labute approximate surface area is 119 Å². The predicted octanol–water partition coefficient (Wildman–Crippen LogP) is 2.72. The van der Waals surface area contributed by atoms with Crippen molar-refractivity contribution in [3.8, 4) is 0 Å². The summed E-state index contributed by atoms with van der Waals surface area (Å²) in [6, 6.07) is 7.25. The second-order valence-corrected chi connectivity index (χ2v) is 4.88. The highest BCUT2D eigenvalue weighted by Crippen LogP contribution is 2.25. The molecule has 1 amide bonds. The molecular formula is C13H14BrN3O2. The zero-order chi connectivity index (χ0) is 13.8. The summed E-state index contributed by atoms with van der Waals surface area (Å²) in [5, 5.41) is 9.57. The molecule has 0 atom stereocenters. The standard InChI is InChI=1S/C13H14BrN3O2/c1-8-6-9(19-17-8)7-16-13(18)10-4-3-5-11(14)12(10)15-2/h3-6,15H,7H2,1-2H3,(H,16,18). The Morgan fingerprint density at radius 3 is 2.89 bits per heavy atom. The molecule has 2 rings (SSSR count). The number of hydrogen-bond acceptors (Lipinski definition) is 4. The number of carbonyl (C=O) groups excluding carboxylic acids is 1. The first kappa shape index (κ1) is 13.6. The molecule has 0 radical (unpaired) electrons. The van der Waals surface area contributed by atoms with Crippen molar-refractivity contribution >= 4 is 27.5 Å². The van der Waals surface area contributed by atoms with Crippen LogP contribution in [0.2, 0.25) is 0 Å². The van der Waals surface area contributed by atoms with Crippen LogP contribution < -0.4 is 10.6 Å². The number of carbonyl (C=O) groups is 1. The molecule has 5 nitrogen and oxygen atoms in total. The molecule has 0 saturated carbocycles. The zero-order valence-electron chi connectivity index (χ0n) is 10.7. The number of aromatic nitrogens is 1. The van der Waals surface area contributed by atoms with Gasteiger partial charge >= 0.3 is 0 Å². The highest BCUT2D eigenvalue weighted by Gasteiger charge is 2.13. The van der Waals surface area contributed by atoms with Crippen molar-refractivity contribution in [3.05, 3.63) is 45.8 Å². The van der Waals surface area contributed by atoms with E-state index in [0.29, 0.717) is 17.9 Å². The van der Waals surface area contributed by atoms with Gasteiger partial charge in [-0.2, -0.15) is 0 Å². The minimum Gasteiger partial charge on any atom is -0.387 e. The molecule has 0 bridgehead atoms. The number of benzene rings is 1. The average molecular weight is 324 g/mol. The molecule has 100 valence electrons. The summed E-state index contributed by atoms with van der Waals surface area (Å²) in [5.74, 6) is 0.464. The van der Waals surface area contributed by atoms with E-state index in [4.69, 9.17) is 4.52 Å². The topological polar surface area (TPSA) is 67.2 Å². The van der Waals surface area contributed by atoms with Crippen molar-refractivity contribution in [1.29, 1.82) is 0 Å². The van der Waals surface area contributed by atoms with Gasteiger partial charge in [-0.3, -0.25) is 4.79 Å². The number of amides is 1. The number of hydrogen-bond donors (Lipinski definition) is 2. The highest BCUT2D eigenvalue weighted by atomic mass is 79.9. The lowest BCUT2D eigenvalue weighted by atomic mass is 10.1. The first-order valence-electron chi connectivity index (χ1n) is 5.78. The van der Waals surface area contributed by atoms with Crippen LogP contribution in [0, 0.1) is 6.92 Å². The van der Waals surface area contributed by atoms with Crippen LogP contribution in [0.15, 0.2) is 33.3 Å². The molecule has 0 aliphatic heterocycles. The van der Waals surface area contributed by atoms with Crippen LogP contribution >= 0.6 is 15.9 Å². The Balaban J connectivity index is 2.10. The second kappa shape index (κ2) is 5.88. The number of para-hydroxylation sites is 1. The van der Waals surface area contributed by atoms with Gasteiger partial charge in [0.1, 0.15) is 0 Å². The second-order valence-electron chi connectivity index (χ2n) is 4.03. The minimum atomic E-state index is -0.167. The third-order valence-electron chi connectivity index (χ3n) is 2.61. The van der Waals surface area contributed by atoms with E-state index in [1.54, 1.807) is 19.2 Å². The number of aryl methyl sites for hydroxylation is 1. The summed E-state index contributed by atoms with van der Waals surface area (Å²) in [6.07, 6.45) is 0. The van der Waals surface area contributed by atoms with Crippen molar-refractivity contribution < 1.29 is 9.32 Å². The van der Waals surface area contributed by atoms with Gasteiger partial charge in [0.2, 0.25) is 0 Å². The molecule has 19 heavy (non-hydrogen) atoms. The zero-order valence-corrected chi connectivity index (χ0v) is 12.2. The fourth-order valence-electron chi connectivity index (χ4n) is 1.73. The van der Waals surface area contributed by atoms with Gasteiger partial charge in [0.25, 0.3) is 5.91 Å². The van der Waals surface area contributed by atoms with E-state index in [9.17, 15) is 4.79 Å². The van der Waals surface area contributed by atoms with Gasteiger partial charge in [0, 0.05) is 17.6 Å². The lowest BCUT2D eigenvalue weighted by molar-refractivity contribution is 0.0948. The van der Waals surface area contributed by atoms with E-state index in [2.05, 4.69) is 31.7 Å². The summed E-state index contributed by atoms with van der Waals surface area (Å²) >= 11 is 3.40. The van der Waals surface area contributed by atoms with Crippen molar-refractivity contribution in [2.75, 3.05) is 12.4 Å². The fourth-order valence-corrected chi connectivity index (χ4v) is 2.29. The van der Waals surface area contributed by atoms with Crippen molar-refractivity contribution in [2.45, 2.75) is 13.5 Å². The SMILES string of the molecule is CNc1c(Br)cccc1C(=O)NCc1cc(C)no1. The third kappa shape index (κ3) is 3.14. The van der Waals surface area contributed by atoms with Gasteiger partial charge in [-0.1, -0.05) is 11.2 Å². The van der Waals surface area contributed by atoms with Gasteiger partial charge in [-0.15, -0.1) is 0 Å². The summed E-state index contributed by atoms with van der Waals surface area (Å²) in [6.45, 7) is 2.15. The molecule has 2 N–H and O–H groups in total. The molecule has 1 heterocycles. The maximum atomic E-state index is 12.1. The van der Waals surface area contributed by atoms with Crippen LogP contribution in [0.25, 0.3) is 0 Å². The third-order valence-corrected chi connectivity index (χ3v) is 3.27. The summed E-state index contributed by atoms with van der Waals surface area (Å²) in [7, 11) is 1.77.